The molecule has 0 saturated carbocycles. The molecule has 0 amide bonds. The van der Waals surface area contributed by atoms with Gasteiger partial charge in [-0.3, -0.25) is 5.10 Å². The van der Waals surface area contributed by atoms with E-state index in [1.54, 1.807) is 7.05 Å². The lowest BCUT2D eigenvalue weighted by Gasteiger charge is -2.23. The Morgan fingerprint density at radius 3 is 2.50 bits per heavy atom. The molecule has 1 aromatic heterocycles. The van der Waals surface area contributed by atoms with Gasteiger partial charge in [0, 0.05) is 30.4 Å². The van der Waals surface area contributed by atoms with E-state index >= 15 is 0 Å². The summed E-state index contributed by atoms with van der Waals surface area (Å²) in [4.78, 5) is 0. The number of nitrogens with zero attached hydrogens (tertiary/aromatic N) is 2. The van der Waals surface area contributed by atoms with Crippen LogP contribution in [-0.4, -0.2) is 42.6 Å². The van der Waals surface area contributed by atoms with E-state index in [1.165, 1.54) is 4.31 Å². The third kappa shape index (κ3) is 2.73. The van der Waals surface area contributed by atoms with E-state index in [9.17, 15) is 8.42 Å². The topological polar surface area (TPSA) is 78.1 Å². The van der Waals surface area contributed by atoms with Crippen molar-refractivity contribution in [3.8, 4) is 0 Å². The summed E-state index contributed by atoms with van der Waals surface area (Å²) >= 11 is 0. The van der Waals surface area contributed by atoms with Gasteiger partial charge in [-0.2, -0.15) is 9.40 Å². The smallest absolute Gasteiger partial charge is 0.262 e. The minimum Gasteiger partial charge on any atom is -0.316 e. The fraction of sp³-hybridized carbons (Fsp3) is 0.727. The van der Waals surface area contributed by atoms with Gasteiger partial charge in [0.05, 0.1) is 0 Å². The third-order valence-electron chi connectivity index (χ3n) is 2.83. The highest BCUT2D eigenvalue weighted by atomic mass is 32.2. The Bertz CT molecular complexity index is 493. The molecule has 1 rings (SSSR count). The molecule has 0 atom stereocenters. The molecule has 0 bridgehead atoms. The zero-order chi connectivity index (χ0) is 13.9. The molecule has 7 heteroatoms. The molecule has 104 valence electrons. The van der Waals surface area contributed by atoms with Crippen LogP contribution in [0.1, 0.15) is 32.0 Å². The molecule has 0 unspecified atom stereocenters. The Kier molecular flexibility index (Phi) is 4.89. The average Bonchev–Trinajstić information content (AvgIpc) is 2.61. The van der Waals surface area contributed by atoms with E-state index in [4.69, 9.17) is 0 Å². The Balaban J connectivity index is 3.28. The van der Waals surface area contributed by atoms with Crippen LogP contribution in [0.4, 0.5) is 0 Å². The summed E-state index contributed by atoms with van der Waals surface area (Å²) in [7, 11) is -1.75. The monoisotopic (exact) mass is 274 g/mol. The van der Waals surface area contributed by atoms with Crippen LogP contribution in [-0.2, 0) is 16.6 Å². The second-order valence-corrected chi connectivity index (χ2v) is 6.27. The van der Waals surface area contributed by atoms with Crippen molar-refractivity contribution >= 4 is 10.0 Å². The average molecular weight is 274 g/mol. The van der Waals surface area contributed by atoms with Crippen LogP contribution < -0.4 is 5.32 Å². The Labute approximate surface area is 109 Å². The molecule has 0 aliphatic heterocycles. The fourth-order valence-electron chi connectivity index (χ4n) is 1.95. The first-order valence-electron chi connectivity index (χ1n) is 6.06. The van der Waals surface area contributed by atoms with Crippen molar-refractivity contribution in [1.82, 2.24) is 19.8 Å². The Hall–Kier alpha value is -0.920. The van der Waals surface area contributed by atoms with Crippen LogP contribution in [0.15, 0.2) is 5.03 Å². The van der Waals surface area contributed by atoms with Crippen molar-refractivity contribution in [3.63, 3.8) is 0 Å². The summed E-state index contributed by atoms with van der Waals surface area (Å²) in [5.41, 5.74) is 1.49. The first kappa shape index (κ1) is 15.1. The van der Waals surface area contributed by atoms with Gasteiger partial charge in [-0.25, -0.2) is 8.42 Å². The second-order valence-electron chi connectivity index (χ2n) is 4.46. The number of rotatable bonds is 6. The van der Waals surface area contributed by atoms with E-state index in [0.29, 0.717) is 18.7 Å². The third-order valence-corrected chi connectivity index (χ3v) is 4.95. The summed E-state index contributed by atoms with van der Waals surface area (Å²) in [5.74, 6) is 0. The van der Waals surface area contributed by atoms with Gasteiger partial charge >= 0.3 is 0 Å². The molecule has 0 radical (unpaired) electrons. The standard InChI is InChI=1S/C11H22N4O2S/c1-6-15(8(2)3)18(16,17)11-10(7-12-5)9(4)13-14-11/h8,12H,6-7H2,1-5H3,(H,13,14). The van der Waals surface area contributed by atoms with Crippen molar-refractivity contribution in [1.29, 1.82) is 0 Å². The van der Waals surface area contributed by atoms with Gasteiger partial charge in [0.15, 0.2) is 5.03 Å². The molecule has 0 aliphatic carbocycles. The second kappa shape index (κ2) is 5.81. The number of H-pyrrole nitrogens is 1. The summed E-state index contributed by atoms with van der Waals surface area (Å²) < 4.78 is 26.5. The zero-order valence-electron chi connectivity index (χ0n) is 11.6. The maximum atomic E-state index is 12.5. The highest BCUT2D eigenvalue weighted by Gasteiger charge is 2.30. The predicted octanol–water partition coefficient (Wildman–Crippen LogP) is 0.857. The first-order chi connectivity index (χ1) is 8.36. The van der Waals surface area contributed by atoms with Gasteiger partial charge in [0.25, 0.3) is 10.0 Å². The van der Waals surface area contributed by atoms with Crippen LogP contribution in [0.25, 0.3) is 0 Å². The van der Waals surface area contributed by atoms with E-state index in [2.05, 4.69) is 15.5 Å². The molecule has 0 aliphatic rings. The number of aromatic amines is 1. The van der Waals surface area contributed by atoms with Crippen LogP contribution in [0.3, 0.4) is 0 Å². The van der Waals surface area contributed by atoms with Crippen molar-refractivity contribution in [2.45, 2.75) is 45.3 Å². The van der Waals surface area contributed by atoms with Gasteiger partial charge in [0.1, 0.15) is 0 Å². The molecule has 0 fully saturated rings. The Morgan fingerprint density at radius 2 is 2.06 bits per heavy atom. The summed E-state index contributed by atoms with van der Waals surface area (Å²) in [6.07, 6.45) is 0. The summed E-state index contributed by atoms with van der Waals surface area (Å²) in [6, 6.07) is -0.0839. The number of nitrogens with one attached hydrogen (secondary N) is 2. The summed E-state index contributed by atoms with van der Waals surface area (Å²) in [5, 5.41) is 9.81. The van der Waals surface area contributed by atoms with E-state index < -0.39 is 10.0 Å². The minimum atomic E-state index is -3.53. The van der Waals surface area contributed by atoms with E-state index in [-0.39, 0.29) is 11.1 Å². The van der Waals surface area contributed by atoms with Crippen LogP contribution in [0.5, 0.6) is 0 Å². The van der Waals surface area contributed by atoms with E-state index in [0.717, 1.165) is 5.69 Å². The largest absolute Gasteiger partial charge is 0.316 e. The molecule has 0 aromatic carbocycles. The van der Waals surface area contributed by atoms with E-state index in [1.807, 2.05) is 27.7 Å². The highest BCUT2D eigenvalue weighted by Crippen LogP contribution is 2.21. The molecule has 0 spiro atoms. The molecule has 0 saturated heterocycles. The number of hydrogen-bond acceptors (Lipinski definition) is 4. The summed E-state index contributed by atoms with van der Waals surface area (Å²) in [6.45, 7) is 8.28. The molecular weight excluding hydrogens is 252 g/mol. The van der Waals surface area contributed by atoms with Crippen molar-refractivity contribution < 1.29 is 8.42 Å². The molecule has 6 nitrogen and oxygen atoms in total. The normalized spacial score (nSPS) is 12.6. The highest BCUT2D eigenvalue weighted by molar-refractivity contribution is 7.89. The minimum absolute atomic E-state index is 0.0839. The number of aromatic nitrogens is 2. The van der Waals surface area contributed by atoms with Gasteiger partial charge in [-0.05, 0) is 27.8 Å². The maximum Gasteiger partial charge on any atom is 0.262 e. The van der Waals surface area contributed by atoms with Gasteiger partial charge in [0.2, 0.25) is 0 Å². The lowest BCUT2D eigenvalue weighted by atomic mass is 10.3. The molecule has 2 N–H and O–H groups in total. The van der Waals surface area contributed by atoms with Crippen LogP contribution >= 0.6 is 0 Å². The SMILES string of the molecule is CCN(C(C)C)S(=O)(=O)c1n[nH]c(C)c1CNC. The van der Waals surface area contributed by atoms with Gasteiger partial charge in [-0.1, -0.05) is 6.92 Å². The fourth-order valence-corrected chi connectivity index (χ4v) is 3.77. The first-order valence-corrected chi connectivity index (χ1v) is 7.50. The maximum absolute atomic E-state index is 12.5. The number of hydrogen-bond donors (Lipinski definition) is 2. The lowest BCUT2D eigenvalue weighted by molar-refractivity contribution is 0.367. The molecular formula is C11H22N4O2S. The van der Waals surface area contributed by atoms with Gasteiger partial charge in [-0.15, -0.1) is 0 Å². The van der Waals surface area contributed by atoms with Crippen LogP contribution in [0.2, 0.25) is 0 Å². The van der Waals surface area contributed by atoms with Crippen molar-refractivity contribution in [2.24, 2.45) is 0 Å². The predicted molar refractivity (Wildman–Crippen MR) is 70.8 cm³/mol. The van der Waals surface area contributed by atoms with Crippen molar-refractivity contribution in [2.75, 3.05) is 13.6 Å². The van der Waals surface area contributed by atoms with Crippen molar-refractivity contribution in [3.05, 3.63) is 11.3 Å². The molecule has 1 heterocycles. The zero-order valence-corrected chi connectivity index (χ0v) is 12.4. The quantitative estimate of drug-likeness (QED) is 0.806. The van der Waals surface area contributed by atoms with Crippen LogP contribution in [0, 0.1) is 6.92 Å². The lowest BCUT2D eigenvalue weighted by Crippen LogP contribution is -2.37. The molecule has 1 aromatic rings. The number of aryl methyl sites for hydroxylation is 1. The molecule has 18 heavy (non-hydrogen) atoms. The van der Waals surface area contributed by atoms with Gasteiger partial charge < -0.3 is 5.32 Å². The number of sulfonamides is 1. The Morgan fingerprint density at radius 1 is 1.44 bits per heavy atom.